The van der Waals surface area contributed by atoms with E-state index in [9.17, 15) is 14.4 Å². The predicted octanol–water partition coefficient (Wildman–Crippen LogP) is 1.36. The van der Waals surface area contributed by atoms with Crippen LogP contribution in [0, 0.1) is 25.2 Å². The first-order valence-electron chi connectivity index (χ1n) is 7.78. The van der Waals surface area contributed by atoms with Gasteiger partial charge in [-0.1, -0.05) is 0 Å². The summed E-state index contributed by atoms with van der Waals surface area (Å²) in [5.41, 5.74) is 6.67. The van der Waals surface area contributed by atoms with Crippen molar-refractivity contribution in [2.75, 3.05) is 0 Å². The van der Waals surface area contributed by atoms with Crippen LogP contribution in [0.2, 0.25) is 0 Å². The van der Waals surface area contributed by atoms with Crippen LogP contribution in [-0.4, -0.2) is 21.4 Å². The molecule has 2 rings (SSSR count). The van der Waals surface area contributed by atoms with E-state index >= 15 is 0 Å². The molecule has 2 heterocycles. The van der Waals surface area contributed by atoms with Gasteiger partial charge >= 0.3 is 0 Å². The van der Waals surface area contributed by atoms with Crippen molar-refractivity contribution >= 4 is 27.7 Å². The number of hydrogen-bond acceptors (Lipinski definition) is 4. The molecule has 0 aromatic carbocycles. The number of nitrogens with zero attached hydrogens (tertiary/aromatic N) is 2. The lowest BCUT2D eigenvalue weighted by molar-refractivity contribution is -0.121. The number of hydrazine groups is 1. The molecule has 136 valence electrons. The molecule has 9 heteroatoms. The SMILES string of the molecule is Cc1[nH]c(=O)c(C#N)c(C)c1CCC(=O)NNC(=O)c1cc(Br)cn1C. The van der Waals surface area contributed by atoms with Crippen LogP contribution in [0.4, 0.5) is 0 Å². The Morgan fingerprint density at radius 1 is 1.35 bits per heavy atom. The van der Waals surface area contributed by atoms with Crippen molar-refractivity contribution in [1.29, 1.82) is 5.26 Å². The summed E-state index contributed by atoms with van der Waals surface area (Å²) in [6, 6.07) is 3.51. The Hall–Kier alpha value is -2.86. The fraction of sp³-hybridized carbons (Fsp3) is 0.294. The molecule has 0 aliphatic carbocycles. The van der Waals surface area contributed by atoms with Gasteiger partial charge in [0, 0.05) is 29.8 Å². The second kappa shape index (κ2) is 8.01. The fourth-order valence-electron chi connectivity index (χ4n) is 2.66. The minimum absolute atomic E-state index is 0.0496. The second-order valence-corrected chi connectivity index (χ2v) is 6.74. The standard InChI is InChI=1S/C17H18BrN5O3/c1-9-12(10(2)20-16(25)13(9)7-19)4-5-15(24)21-22-17(26)14-6-11(18)8-23(14)3/h6,8H,4-5H2,1-3H3,(H,20,25)(H,21,24)(H,22,26). The average Bonchev–Trinajstić information content (AvgIpc) is 2.91. The third kappa shape index (κ3) is 4.21. The van der Waals surface area contributed by atoms with Gasteiger partial charge in [0.25, 0.3) is 11.5 Å². The summed E-state index contributed by atoms with van der Waals surface area (Å²) in [5.74, 6) is -0.815. The molecule has 26 heavy (non-hydrogen) atoms. The largest absolute Gasteiger partial charge is 0.345 e. The molecule has 2 amide bonds. The van der Waals surface area contributed by atoms with Crippen molar-refractivity contribution < 1.29 is 9.59 Å². The molecule has 0 aliphatic rings. The molecular formula is C17H18BrN5O3. The van der Waals surface area contributed by atoms with Gasteiger partial charge < -0.3 is 9.55 Å². The van der Waals surface area contributed by atoms with Crippen molar-refractivity contribution in [3.8, 4) is 6.07 Å². The number of H-pyrrole nitrogens is 1. The normalized spacial score (nSPS) is 10.3. The van der Waals surface area contributed by atoms with E-state index < -0.39 is 11.5 Å². The molecule has 0 atom stereocenters. The summed E-state index contributed by atoms with van der Waals surface area (Å²) < 4.78 is 2.39. The fourth-order valence-corrected chi connectivity index (χ4v) is 3.19. The van der Waals surface area contributed by atoms with Gasteiger partial charge in [0.1, 0.15) is 17.3 Å². The molecule has 0 aliphatic heterocycles. The number of aromatic amines is 1. The molecule has 0 unspecified atom stereocenters. The van der Waals surface area contributed by atoms with Crippen LogP contribution in [0.5, 0.6) is 0 Å². The third-order valence-electron chi connectivity index (χ3n) is 4.04. The smallest absolute Gasteiger partial charge is 0.286 e. The van der Waals surface area contributed by atoms with E-state index in [4.69, 9.17) is 5.26 Å². The first-order valence-corrected chi connectivity index (χ1v) is 8.57. The van der Waals surface area contributed by atoms with Crippen LogP contribution in [0.15, 0.2) is 21.5 Å². The van der Waals surface area contributed by atoms with Crippen molar-refractivity contribution in [2.45, 2.75) is 26.7 Å². The van der Waals surface area contributed by atoms with Gasteiger partial charge in [-0.25, -0.2) is 0 Å². The molecular weight excluding hydrogens is 402 g/mol. The van der Waals surface area contributed by atoms with Gasteiger partial charge in [0.15, 0.2) is 0 Å². The maximum Gasteiger partial charge on any atom is 0.286 e. The second-order valence-electron chi connectivity index (χ2n) is 5.83. The van der Waals surface area contributed by atoms with Gasteiger partial charge in [-0.2, -0.15) is 5.26 Å². The highest BCUT2D eigenvalue weighted by molar-refractivity contribution is 9.10. The maximum atomic E-state index is 12.0. The summed E-state index contributed by atoms with van der Waals surface area (Å²) in [7, 11) is 1.72. The lowest BCUT2D eigenvalue weighted by atomic mass is 9.99. The van der Waals surface area contributed by atoms with Crippen molar-refractivity contribution in [3.63, 3.8) is 0 Å². The van der Waals surface area contributed by atoms with Crippen LogP contribution >= 0.6 is 15.9 Å². The Kier molecular flexibility index (Phi) is 6.00. The van der Waals surface area contributed by atoms with E-state index in [-0.39, 0.29) is 17.9 Å². The van der Waals surface area contributed by atoms with Crippen LogP contribution < -0.4 is 16.4 Å². The molecule has 0 bridgehead atoms. The number of aryl methyl sites for hydroxylation is 2. The molecule has 0 saturated heterocycles. The van der Waals surface area contributed by atoms with E-state index in [1.54, 1.807) is 37.7 Å². The number of carbonyl (C=O) groups is 2. The summed E-state index contributed by atoms with van der Waals surface area (Å²) in [4.78, 5) is 38.4. The zero-order chi connectivity index (χ0) is 19.4. The number of carbonyl (C=O) groups excluding carboxylic acids is 2. The summed E-state index contributed by atoms with van der Waals surface area (Å²) in [6.45, 7) is 3.40. The lowest BCUT2D eigenvalue weighted by Crippen LogP contribution is -2.42. The Bertz CT molecular complexity index is 968. The number of rotatable bonds is 4. The van der Waals surface area contributed by atoms with Crippen molar-refractivity contribution in [2.24, 2.45) is 7.05 Å². The molecule has 8 nitrogen and oxygen atoms in total. The Morgan fingerprint density at radius 3 is 2.62 bits per heavy atom. The number of nitrogens with one attached hydrogen (secondary N) is 3. The highest BCUT2D eigenvalue weighted by atomic mass is 79.9. The van der Waals surface area contributed by atoms with Gasteiger partial charge in [-0.3, -0.25) is 25.2 Å². The highest BCUT2D eigenvalue weighted by Gasteiger charge is 2.15. The Morgan fingerprint density at radius 2 is 2.04 bits per heavy atom. The van der Waals surface area contributed by atoms with Crippen LogP contribution in [0.3, 0.4) is 0 Å². The molecule has 0 radical (unpaired) electrons. The predicted molar refractivity (Wildman–Crippen MR) is 98.3 cm³/mol. The maximum absolute atomic E-state index is 12.0. The Labute approximate surface area is 158 Å². The third-order valence-corrected chi connectivity index (χ3v) is 4.48. The number of aromatic nitrogens is 2. The zero-order valence-electron chi connectivity index (χ0n) is 14.6. The average molecular weight is 420 g/mol. The van der Waals surface area contributed by atoms with Crippen LogP contribution in [0.1, 0.15) is 39.3 Å². The quantitative estimate of drug-likeness (QED) is 0.647. The van der Waals surface area contributed by atoms with E-state index in [1.165, 1.54) is 0 Å². The van der Waals surface area contributed by atoms with Crippen molar-refractivity contribution in [3.05, 3.63) is 55.2 Å². The number of hydrogen-bond donors (Lipinski definition) is 3. The van der Waals surface area contributed by atoms with E-state index in [2.05, 4.69) is 31.8 Å². The Balaban J connectivity index is 1.98. The van der Waals surface area contributed by atoms with Gasteiger partial charge in [0.2, 0.25) is 5.91 Å². The number of nitriles is 1. The minimum atomic E-state index is -0.435. The minimum Gasteiger partial charge on any atom is -0.345 e. The molecule has 2 aromatic heterocycles. The number of halogens is 1. The molecule has 3 N–H and O–H groups in total. The van der Waals surface area contributed by atoms with Gasteiger partial charge in [0.05, 0.1) is 0 Å². The number of amides is 2. The number of pyridine rings is 1. The zero-order valence-corrected chi connectivity index (χ0v) is 16.2. The van der Waals surface area contributed by atoms with Crippen molar-refractivity contribution in [1.82, 2.24) is 20.4 Å². The van der Waals surface area contributed by atoms with E-state index in [0.29, 0.717) is 23.4 Å². The van der Waals surface area contributed by atoms with E-state index in [0.717, 1.165) is 10.0 Å². The first-order chi connectivity index (χ1) is 12.2. The topological polar surface area (TPSA) is 120 Å². The van der Waals surface area contributed by atoms with Gasteiger partial charge in [-0.15, -0.1) is 0 Å². The molecule has 0 saturated carbocycles. The summed E-state index contributed by atoms with van der Waals surface area (Å²) in [6.07, 6.45) is 2.15. The van der Waals surface area contributed by atoms with Crippen LogP contribution in [0.25, 0.3) is 0 Å². The van der Waals surface area contributed by atoms with Crippen LogP contribution in [-0.2, 0) is 18.3 Å². The first kappa shape index (κ1) is 19.5. The van der Waals surface area contributed by atoms with E-state index in [1.807, 2.05) is 6.07 Å². The monoisotopic (exact) mass is 419 g/mol. The van der Waals surface area contributed by atoms with Gasteiger partial charge in [-0.05, 0) is 53.4 Å². The summed E-state index contributed by atoms with van der Waals surface area (Å²) >= 11 is 3.28. The molecule has 2 aromatic rings. The summed E-state index contributed by atoms with van der Waals surface area (Å²) in [5, 5.41) is 9.07. The highest BCUT2D eigenvalue weighted by Crippen LogP contribution is 2.15. The molecule has 0 fully saturated rings. The lowest BCUT2D eigenvalue weighted by Gasteiger charge is -2.11. The molecule has 0 spiro atoms.